The monoisotopic (exact) mass is 335 g/mol. The molecule has 0 fully saturated rings. The fourth-order valence-corrected chi connectivity index (χ4v) is 2.34. The van der Waals surface area contributed by atoms with Crippen LogP contribution < -0.4 is 14.8 Å². The number of halogens is 1. The molecular formula is C19H26ClNO2. The third-order valence-corrected chi connectivity index (χ3v) is 3.60. The van der Waals surface area contributed by atoms with Crippen LogP contribution in [0.15, 0.2) is 48.5 Å². The molecule has 0 spiro atoms. The zero-order chi connectivity index (χ0) is 15.6. The number of ether oxygens (including phenoxy) is 2. The molecule has 126 valence electrons. The van der Waals surface area contributed by atoms with Crippen molar-refractivity contribution < 1.29 is 9.47 Å². The highest BCUT2D eigenvalue weighted by Crippen LogP contribution is 2.22. The summed E-state index contributed by atoms with van der Waals surface area (Å²) in [6.45, 7) is 1.80. The van der Waals surface area contributed by atoms with E-state index in [9.17, 15) is 0 Å². The molecule has 0 aliphatic rings. The molecule has 2 rings (SSSR count). The summed E-state index contributed by atoms with van der Waals surface area (Å²) in [6.07, 6.45) is 3.07. The normalized spacial score (nSPS) is 10.0. The van der Waals surface area contributed by atoms with Gasteiger partial charge in [-0.05, 0) is 55.8 Å². The highest BCUT2D eigenvalue weighted by Gasteiger charge is 2.04. The van der Waals surface area contributed by atoms with Gasteiger partial charge < -0.3 is 14.8 Å². The minimum atomic E-state index is 0. The Morgan fingerprint density at radius 3 is 2.39 bits per heavy atom. The van der Waals surface area contributed by atoms with Gasteiger partial charge in [-0.15, -0.1) is 12.4 Å². The Morgan fingerprint density at radius 2 is 1.70 bits per heavy atom. The molecule has 1 N–H and O–H groups in total. The van der Waals surface area contributed by atoms with Gasteiger partial charge in [0.05, 0.1) is 13.7 Å². The highest BCUT2D eigenvalue weighted by molar-refractivity contribution is 5.85. The van der Waals surface area contributed by atoms with Crippen molar-refractivity contribution in [2.45, 2.75) is 19.3 Å². The van der Waals surface area contributed by atoms with Crippen molar-refractivity contribution in [3.63, 3.8) is 0 Å². The van der Waals surface area contributed by atoms with Crippen molar-refractivity contribution in [3.05, 3.63) is 59.7 Å². The van der Waals surface area contributed by atoms with E-state index in [1.165, 1.54) is 11.1 Å². The Hall–Kier alpha value is -1.71. The topological polar surface area (TPSA) is 30.5 Å². The lowest BCUT2D eigenvalue weighted by Crippen LogP contribution is -2.09. The lowest BCUT2D eigenvalue weighted by Gasteiger charge is -2.12. The fourth-order valence-electron chi connectivity index (χ4n) is 2.34. The summed E-state index contributed by atoms with van der Waals surface area (Å²) in [6, 6.07) is 16.5. The first-order valence-electron chi connectivity index (χ1n) is 7.81. The maximum atomic E-state index is 5.95. The number of unbranched alkanes of at least 4 members (excludes halogenated alkanes) is 1. The van der Waals surface area contributed by atoms with E-state index < -0.39 is 0 Å². The minimum Gasteiger partial charge on any atom is -0.497 e. The predicted octanol–water partition coefficient (Wildman–Crippen LogP) is 4.09. The number of hydrogen-bond donors (Lipinski definition) is 1. The highest BCUT2D eigenvalue weighted by atomic mass is 35.5. The second-order valence-corrected chi connectivity index (χ2v) is 5.29. The van der Waals surface area contributed by atoms with Crippen molar-refractivity contribution in [2.24, 2.45) is 0 Å². The van der Waals surface area contributed by atoms with Crippen LogP contribution in [0.5, 0.6) is 11.5 Å². The number of nitrogens with one attached hydrogen (secondary N) is 1. The molecule has 0 saturated carbocycles. The molecule has 0 amide bonds. The molecule has 0 unspecified atom stereocenters. The van der Waals surface area contributed by atoms with Crippen LogP contribution in [0.3, 0.4) is 0 Å². The van der Waals surface area contributed by atoms with Gasteiger partial charge in [0.2, 0.25) is 0 Å². The molecule has 23 heavy (non-hydrogen) atoms. The van der Waals surface area contributed by atoms with Gasteiger partial charge in [0.1, 0.15) is 11.5 Å². The van der Waals surface area contributed by atoms with Gasteiger partial charge in [-0.3, -0.25) is 0 Å². The van der Waals surface area contributed by atoms with Gasteiger partial charge in [0.25, 0.3) is 0 Å². The maximum absolute atomic E-state index is 5.95. The fraction of sp³-hybridized carbons (Fsp3) is 0.368. The summed E-state index contributed by atoms with van der Waals surface area (Å²) in [5.41, 5.74) is 2.48. The van der Waals surface area contributed by atoms with Crippen molar-refractivity contribution in [2.75, 3.05) is 27.3 Å². The number of methoxy groups -OCH3 is 1. The molecule has 4 heteroatoms. The first-order valence-corrected chi connectivity index (χ1v) is 7.81. The standard InChI is InChI=1S/C19H25NO2.ClH/c1-20-13-5-6-14-22-19-8-4-3-7-17(19)15-16-9-11-18(21-2)12-10-16;/h3-4,7-12,20H,5-6,13-15H2,1-2H3;1H. The third-order valence-electron chi connectivity index (χ3n) is 3.60. The SMILES string of the molecule is CNCCCCOc1ccccc1Cc1ccc(OC)cc1.Cl. The van der Waals surface area contributed by atoms with Gasteiger partial charge >= 0.3 is 0 Å². The van der Waals surface area contributed by atoms with Crippen molar-refractivity contribution in [1.82, 2.24) is 5.32 Å². The molecule has 0 bridgehead atoms. The zero-order valence-corrected chi connectivity index (χ0v) is 14.7. The number of benzene rings is 2. The molecule has 0 atom stereocenters. The second kappa shape index (κ2) is 10.9. The lowest BCUT2D eigenvalue weighted by molar-refractivity contribution is 0.304. The summed E-state index contributed by atoms with van der Waals surface area (Å²) in [5, 5.41) is 3.15. The van der Waals surface area contributed by atoms with E-state index in [0.29, 0.717) is 0 Å². The van der Waals surface area contributed by atoms with E-state index in [-0.39, 0.29) is 12.4 Å². The molecule has 3 nitrogen and oxygen atoms in total. The average Bonchev–Trinajstić information content (AvgIpc) is 2.57. The van der Waals surface area contributed by atoms with E-state index in [1.807, 2.05) is 25.2 Å². The van der Waals surface area contributed by atoms with Crippen molar-refractivity contribution >= 4 is 12.4 Å². The summed E-state index contributed by atoms with van der Waals surface area (Å²) in [7, 11) is 3.66. The Labute approximate surface area is 145 Å². The molecule has 2 aromatic rings. The van der Waals surface area contributed by atoms with E-state index in [0.717, 1.165) is 43.9 Å². The quantitative estimate of drug-likeness (QED) is 0.700. The van der Waals surface area contributed by atoms with Crippen LogP contribution in [0.4, 0.5) is 0 Å². The third kappa shape index (κ3) is 6.51. The van der Waals surface area contributed by atoms with Crippen molar-refractivity contribution in [3.8, 4) is 11.5 Å². The molecular weight excluding hydrogens is 310 g/mol. The first-order chi connectivity index (χ1) is 10.8. The van der Waals surface area contributed by atoms with Crippen LogP contribution in [-0.2, 0) is 6.42 Å². The Morgan fingerprint density at radius 1 is 0.957 bits per heavy atom. The van der Waals surface area contributed by atoms with Crippen molar-refractivity contribution in [1.29, 1.82) is 0 Å². The smallest absolute Gasteiger partial charge is 0.122 e. The molecule has 0 heterocycles. The van der Waals surface area contributed by atoms with Gasteiger partial charge in [0.15, 0.2) is 0 Å². The maximum Gasteiger partial charge on any atom is 0.122 e. The van der Waals surface area contributed by atoms with Crippen LogP contribution in [-0.4, -0.2) is 27.3 Å². The van der Waals surface area contributed by atoms with E-state index in [4.69, 9.17) is 9.47 Å². The Bertz CT molecular complexity index is 558. The molecule has 2 aromatic carbocycles. The summed E-state index contributed by atoms with van der Waals surface area (Å²) in [4.78, 5) is 0. The lowest BCUT2D eigenvalue weighted by atomic mass is 10.0. The summed E-state index contributed by atoms with van der Waals surface area (Å²) < 4.78 is 11.1. The molecule has 0 saturated heterocycles. The molecule has 0 aliphatic carbocycles. The number of para-hydroxylation sites is 1. The molecule has 0 aliphatic heterocycles. The first kappa shape index (κ1) is 19.3. The van der Waals surface area contributed by atoms with Gasteiger partial charge in [-0.25, -0.2) is 0 Å². The largest absolute Gasteiger partial charge is 0.497 e. The summed E-state index contributed by atoms with van der Waals surface area (Å²) >= 11 is 0. The van der Waals surface area contributed by atoms with E-state index in [1.54, 1.807) is 7.11 Å². The molecule has 0 aromatic heterocycles. The number of hydrogen-bond acceptors (Lipinski definition) is 3. The van der Waals surface area contributed by atoms with Gasteiger partial charge in [0, 0.05) is 6.42 Å². The zero-order valence-electron chi connectivity index (χ0n) is 13.9. The number of rotatable bonds is 9. The predicted molar refractivity (Wildman–Crippen MR) is 98.1 cm³/mol. The van der Waals surface area contributed by atoms with Crippen LogP contribution in [0.1, 0.15) is 24.0 Å². The van der Waals surface area contributed by atoms with Crippen LogP contribution in [0.2, 0.25) is 0 Å². The van der Waals surface area contributed by atoms with Crippen LogP contribution in [0, 0.1) is 0 Å². The average molecular weight is 336 g/mol. The van der Waals surface area contributed by atoms with E-state index >= 15 is 0 Å². The Kier molecular flexibility index (Phi) is 9.18. The second-order valence-electron chi connectivity index (χ2n) is 5.29. The minimum absolute atomic E-state index is 0. The van der Waals surface area contributed by atoms with E-state index in [2.05, 4.69) is 35.6 Å². The van der Waals surface area contributed by atoms with Gasteiger partial charge in [-0.1, -0.05) is 30.3 Å². The summed E-state index contributed by atoms with van der Waals surface area (Å²) in [5.74, 6) is 1.88. The van der Waals surface area contributed by atoms with Gasteiger partial charge in [-0.2, -0.15) is 0 Å². The molecule has 0 radical (unpaired) electrons. The van der Waals surface area contributed by atoms with Crippen LogP contribution in [0.25, 0.3) is 0 Å². The Balaban J connectivity index is 0.00000264. The van der Waals surface area contributed by atoms with Crippen LogP contribution >= 0.6 is 12.4 Å².